The molecule has 6 heteroatoms. The number of carbonyl (C=O) groups excluding carboxylic acids is 1. The van der Waals surface area contributed by atoms with Gasteiger partial charge in [0.1, 0.15) is 0 Å². The molecule has 186 valence electrons. The predicted molar refractivity (Wildman–Crippen MR) is 149 cm³/mol. The van der Waals surface area contributed by atoms with Gasteiger partial charge in [-0.3, -0.25) is 0 Å². The molecule has 0 heterocycles. The Bertz CT molecular complexity index is 1000. The van der Waals surface area contributed by atoms with Crippen molar-refractivity contribution in [2.75, 3.05) is 7.11 Å². The molecule has 4 atom stereocenters. The fourth-order valence-electron chi connectivity index (χ4n) is 4.42. The molecule has 0 bridgehead atoms. The van der Waals surface area contributed by atoms with E-state index in [1.54, 1.807) is 7.11 Å². The van der Waals surface area contributed by atoms with E-state index < -0.39 is 8.32 Å². The van der Waals surface area contributed by atoms with Gasteiger partial charge in [0, 0.05) is 0 Å². The van der Waals surface area contributed by atoms with Gasteiger partial charge in [0.25, 0.3) is 0 Å². The van der Waals surface area contributed by atoms with Crippen LogP contribution in [-0.2, 0) is 11.2 Å². The van der Waals surface area contributed by atoms with E-state index in [0.717, 1.165) is 28.0 Å². The first kappa shape index (κ1) is 27.5. The normalized spacial score (nSPS) is 23.6. The standard InChI is InChI=1S/C28H39BrO3SeSi/c1-18-14-19(2)27(33-21-12-10-9-11-13-21)26(30)22(18)15-20-16-25(31-6)23(29)17-24(20)32-34(7,8)28(3,4)5/h9-13,16-19,22,27H,14-15H2,1-8H3/t18-,19?,22+,27?/m1/s1. The van der Waals surface area contributed by atoms with E-state index in [-0.39, 0.29) is 30.7 Å². The van der Waals surface area contributed by atoms with Gasteiger partial charge in [-0.25, -0.2) is 0 Å². The van der Waals surface area contributed by atoms with E-state index in [9.17, 15) is 4.79 Å². The third-order valence-electron chi connectivity index (χ3n) is 7.55. The van der Waals surface area contributed by atoms with E-state index >= 15 is 0 Å². The monoisotopic (exact) mass is 610 g/mol. The third-order valence-corrected chi connectivity index (χ3v) is 15.6. The molecule has 1 aliphatic rings. The molecule has 1 aliphatic carbocycles. The second kappa shape index (κ2) is 10.9. The second-order valence-corrected chi connectivity index (χ2v) is 19.3. The molecule has 1 saturated carbocycles. The molecule has 2 aromatic carbocycles. The summed E-state index contributed by atoms with van der Waals surface area (Å²) in [6, 6.07) is 14.6. The number of carbonyl (C=O) groups is 1. The van der Waals surface area contributed by atoms with Crippen LogP contribution in [0.4, 0.5) is 0 Å². The summed E-state index contributed by atoms with van der Waals surface area (Å²) >= 11 is 3.80. The van der Waals surface area contributed by atoms with Gasteiger partial charge >= 0.3 is 223 Å². The zero-order chi connectivity index (χ0) is 25.3. The number of methoxy groups -OCH3 is 1. The van der Waals surface area contributed by atoms with E-state index in [1.165, 1.54) is 4.46 Å². The van der Waals surface area contributed by atoms with Crippen LogP contribution in [0.5, 0.6) is 11.5 Å². The first-order chi connectivity index (χ1) is 15.8. The summed E-state index contributed by atoms with van der Waals surface area (Å²) in [6.07, 6.45) is 1.78. The molecular weight excluding hydrogens is 571 g/mol. The minimum absolute atomic E-state index is 0.000524. The molecule has 0 saturated heterocycles. The third kappa shape index (κ3) is 6.18. The number of ether oxygens (including phenoxy) is 1. The molecular formula is C28H39BrO3SeSi. The Labute approximate surface area is 221 Å². The van der Waals surface area contributed by atoms with Gasteiger partial charge in [0.2, 0.25) is 0 Å². The fourth-order valence-corrected chi connectivity index (χ4v) is 8.56. The van der Waals surface area contributed by atoms with Gasteiger partial charge in [-0.2, -0.15) is 0 Å². The molecule has 3 nitrogen and oxygen atoms in total. The van der Waals surface area contributed by atoms with Crippen LogP contribution >= 0.6 is 15.9 Å². The summed E-state index contributed by atoms with van der Waals surface area (Å²) in [4.78, 5) is 14.0. The van der Waals surface area contributed by atoms with E-state index in [0.29, 0.717) is 24.0 Å². The van der Waals surface area contributed by atoms with Crippen LogP contribution in [-0.4, -0.2) is 36.2 Å². The molecule has 3 rings (SSSR count). The van der Waals surface area contributed by atoms with E-state index in [4.69, 9.17) is 9.16 Å². The maximum absolute atomic E-state index is 13.9. The topological polar surface area (TPSA) is 35.5 Å². The minimum atomic E-state index is -2.05. The van der Waals surface area contributed by atoms with Gasteiger partial charge in [-0.05, 0) is 0 Å². The van der Waals surface area contributed by atoms with Gasteiger partial charge in [0.15, 0.2) is 0 Å². The molecule has 0 aromatic heterocycles. The molecule has 34 heavy (non-hydrogen) atoms. The number of hydrogen-bond donors (Lipinski definition) is 0. The quantitative estimate of drug-likeness (QED) is 0.315. The van der Waals surface area contributed by atoms with Crippen molar-refractivity contribution in [1.29, 1.82) is 0 Å². The van der Waals surface area contributed by atoms with Crippen molar-refractivity contribution in [1.82, 2.24) is 0 Å². The maximum atomic E-state index is 13.9. The van der Waals surface area contributed by atoms with Crippen LogP contribution in [0, 0.1) is 17.8 Å². The summed E-state index contributed by atoms with van der Waals surface area (Å²) in [5.74, 6) is 2.87. The van der Waals surface area contributed by atoms with Gasteiger partial charge < -0.3 is 0 Å². The van der Waals surface area contributed by atoms with Crippen molar-refractivity contribution in [2.45, 2.75) is 70.4 Å². The molecule has 0 amide bonds. The molecule has 0 radical (unpaired) electrons. The van der Waals surface area contributed by atoms with Crippen LogP contribution in [0.15, 0.2) is 46.9 Å². The molecule has 0 N–H and O–H groups in total. The van der Waals surface area contributed by atoms with Crippen molar-refractivity contribution in [3.8, 4) is 11.5 Å². The second-order valence-electron chi connectivity index (χ2n) is 11.2. The summed E-state index contributed by atoms with van der Waals surface area (Å²) in [6.45, 7) is 15.8. The van der Waals surface area contributed by atoms with Gasteiger partial charge in [-0.15, -0.1) is 0 Å². The van der Waals surface area contributed by atoms with Crippen molar-refractivity contribution in [2.24, 2.45) is 17.8 Å². The Morgan fingerprint density at radius 3 is 2.29 bits per heavy atom. The van der Waals surface area contributed by atoms with Gasteiger partial charge in [-0.1, -0.05) is 0 Å². The first-order valence-electron chi connectivity index (χ1n) is 12.1. The van der Waals surface area contributed by atoms with Crippen molar-refractivity contribution in [3.63, 3.8) is 0 Å². The summed E-state index contributed by atoms with van der Waals surface area (Å²) in [5.41, 5.74) is 1.08. The van der Waals surface area contributed by atoms with Gasteiger partial charge in [0.05, 0.1) is 0 Å². The molecule has 2 unspecified atom stereocenters. The fraction of sp³-hybridized carbons (Fsp3) is 0.536. The van der Waals surface area contributed by atoms with Crippen LogP contribution in [0.25, 0.3) is 0 Å². The molecule has 1 fully saturated rings. The Morgan fingerprint density at radius 2 is 1.71 bits per heavy atom. The average Bonchev–Trinajstić information content (AvgIpc) is 2.75. The van der Waals surface area contributed by atoms with Crippen molar-refractivity contribution < 1.29 is 14.0 Å². The SMILES string of the molecule is COc1cc(C[C@@H]2C(=O)C([Se]c3ccccc3)C(C)C[C@H]2C)c(O[Si](C)(C)C(C)(C)C)cc1Br. The van der Waals surface area contributed by atoms with Crippen LogP contribution in [0.1, 0.15) is 46.6 Å². The zero-order valence-electron chi connectivity index (χ0n) is 21.8. The molecule has 0 aliphatic heterocycles. The molecule has 2 aromatic rings. The zero-order valence-corrected chi connectivity index (χ0v) is 26.1. The number of rotatable bonds is 7. The number of Topliss-reactive ketones (excluding diaryl/α,β-unsaturated/α-hetero) is 1. The Hall–Kier alpha value is -1.07. The van der Waals surface area contributed by atoms with E-state index in [1.807, 2.05) is 12.1 Å². The van der Waals surface area contributed by atoms with Crippen LogP contribution in [0.2, 0.25) is 22.9 Å². The van der Waals surface area contributed by atoms with E-state index in [2.05, 4.69) is 94.0 Å². The van der Waals surface area contributed by atoms with Crippen LogP contribution in [0.3, 0.4) is 0 Å². The Kier molecular flexibility index (Phi) is 8.82. The Morgan fingerprint density at radius 1 is 1.06 bits per heavy atom. The number of ketones is 1. The number of halogens is 1. The first-order valence-corrected chi connectivity index (χ1v) is 17.7. The Balaban J connectivity index is 1.93. The molecule has 0 spiro atoms. The summed E-state index contributed by atoms with van der Waals surface area (Å²) in [5, 5.41) is 0.0867. The number of hydrogen-bond acceptors (Lipinski definition) is 3. The van der Waals surface area contributed by atoms with Crippen LogP contribution < -0.4 is 13.6 Å². The predicted octanol–water partition coefficient (Wildman–Crippen LogP) is 7.06. The summed E-state index contributed by atoms with van der Waals surface area (Å²) < 4.78 is 14.6. The summed E-state index contributed by atoms with van der Waals surface area (Å²) in [7, 11) is -0.359. The van der Waals surface area contributed by atoms with Crippen molar-refractivity contribution >= 4 is 49.4 Å². The van der Waals surface area contributed by atoms with Crippen molar-refractivity contribution in [3.05, 3.63) is 52.5 Å². The number of benzene rings is 2. The average molecular weight is 611 g/mol.